The number of hydrogen-bond acceptors (Lipinski definition) is 2. The molecule has 0 saturated heterocycles. The van der Waals surface area contributed by atoms with Gasteiger partial charge in [0.05, 0.1) is 0 Å². The van der Waals surface area contributed by atoms with E-state index in [1.807, 2.05) is 24.3 Å². The van der Waals surface area contributed by atoms with E-state index in [1.54, 1.807) is 6.08 Å². The van der Waals surface area contributed by atoms with Gasteiger partial charge in [0.25, 0.3) is 0 Å². The van der Waals surface area contributed by atoms with E-state index in [9.17, 15) is 4.79 Å². The molecule has 1 aromatic rings. The van der Waals surface area contributed by atoms with E-state index >= 15 is 0 Å². The predicted octanol–water partition coefficient (Wildman–Crippen LogP) is 3.33. The standard InChI is InChI=1S/C11H10BrClO2/c12-7-10-3-1-9(2-4-10)5-6-11(14)15-8-13/h1-6H,7-8H2/b6-5+. The number of rotatable bonds is 4. The molecule has 0 radical (unpaired) electrons. The topological polar surface area (TPSA) is 26.3 Å². The zero-order valence-corrected chi connectivity index (χ0v) is 10.3. The van der Waals surface area contributed by atoms with Crippen LogP contribution in [0.1, 0.15) is 11.1 Å². The van der Waals surface area contributed by atoms with Gasteiger partial charge in [-0.3, -0.25) is 0 Å². The predicted molar refractivity (Wildman–Crippen MR) is 64.9 cm³/mol. The van der Waals surface area contributed by atoms with Crippen LogP contribution < -0.4 is 0 Å². The van der Waals surface area contributed by atoms with Crippen LogP contribution in [-0.4, -0.2) is 12.0 Å². The minimum atomic E-state index is -0.436. The highest BCUT2D eigenvalue weighted by molar-refractivity contribution is 9.08. The van der Waals surface area contributed by atoms with Gasteiger partial charge in [0.15, 0.2) is 6.07 Å². The monoisotopic (exact) mass is 288 g/mol. The summed E-state index contributed by atoms with van der Waals surface area (Å²) in [6.07, 6.45) is 3.04. The first-order valence-corrected chi connectivity index (χ1v) is 5.97. The number of ether oxygens (including phenoxy) is 1. The van der Waals surface area contributed by atoms with Crippen molar-refractivity contribution in [2.45, 2.75) is 5.33 Å². The molecule has 2 nitrogen and oxygen atoms in total. The smallest absolute Gasteiger partial charge is 0.331 e. The third kappa shape index (κ3) is 4.49. The van der Waals surface area contributed by atoms with E-state index < -0.39 is 5.97 Å². The molecular formula is C11H10BrClO2. The molecule has 0 aliphatic rings. The maximum Gasteiger partial charge on any atom is 0.331 e. The van der Waals surface area contributed by atoms with Crippen molar-refractivity contribution in [2.24, 2.45) is 0 Å². The lowest BCUT2D eigenvalue weighted by molar-refractivity contribution is -0.135. The Balaban J connectivity index is 2.60. The lowest BCUT2D eigenvalue weighted by Gasteiger charge is -1.96. The number of benzene rings is 1. The summed E-state index contributed by atoms with van der Waals surface area (Å²) in [7, 11) is 0. The van der Waals surface area contributed by atoms with Crippen molar-refractivity contribution in [3.05, 3.63) is 41.5 Å². The average Bonchev–Trinajstić information content (AvgIpc) is 2.27. The molecule has 0 aromatic heterocycles. The minimum absolute atomic E-state index is 0.119. The zero-order chi connectivity index (χ0) is 11.1. The third-order valence-electron chi connectivity index (χ3n) is 1.74. The molecule has 1 rings (SSSR count). The van der Waals surface area contributed by atoms with Crippen molar-refractivity contribution in [1.82, 2.24) is 0 Å². The molecule has 0 atom stereocenters. The molecule has 0 fully saturated rings. The first-order valence-electron chi connectivity index (χ1n) is 4.32. The molecule has 4 heteroatoms. The lowest BCUT2D eigenvalue weighted by atomic mass is 10.1. The number of alkyl halides is 2. The van der Waals surface area contributed by atoms with Crippen LogP contribution in [0.5, 0.6) is 0 Å². The van der Waals surface area contributed by atoms with Crippen molar-refractivity contribution < 1.29 is 9.53 Å². The number of halogens is 2. The van der Waals surface area contributed by atoms with Crippen molar-refractivity contribution >= 4 is 39.6 Å². The molecule has 0 N–H and O–H groups in total. The Morgan fingerprint density at radius 3 is 2.60 bits per heavy atom. The summed E-state index contributed by atoms with van der Waals surface area (Å²) in [6.45, 7) is 0. The second kappa shape index (κ2) is 6.64. The maximum atomic E-state index is 10.9. The van der Waals surface area contributed by atoms with E-state index in [2.05, 4.69) is 20.7 Å². The summed E-state index contributed by atoms with van der Waals surface area (Å²) in [5.74, 6) is -0.436. The molecule has 1 aromatic carbocycles. The Kier molecular flexibility index (Phi) is 5.43. The van der Waals surface area contributed by atoms with Crippen LogP contribution in [0.25, 0.3) is 6.08 Å². The Bertz CT molecular complexity index is 346. The summed E-state index contributed by atoms with van der Waals surface area (Å²) >= 11 is 8.59. The van der Waals surface area contributed by atoms with Gasteiger partial charge >= 0.3 is 5.97 Å². The highest BCUT2D eigenvalue weighted by atomic mass is 79.9. The van der Waals surface area contributed by atoms with Crippen LogP contribution in [0, 0.1) is 0 Å². The first-order chi connectivity index (χ1) is 7.26. The number of carbonyl (C=O) groups is 1. The molecule has 0 unspecified atom stereocenters. The maximum absolute atomic E-state index is 10.9. The Morgan fingerprint density at radius 1 is 1.40 bits per heavy atom. The van der Waals surface area contributed by atoms with Gasteiger partial charge in [-0.1, -0.05) is 51.8 Å². The highest BCUT2D eigenvalue weighted by Crippen LogP contribution is 2.09. The van der Waals surface area contributed by atoms with Crippen LogP contribution in [0.3, 0.4) is 0 Å². The normalized spacial score (nSPS) is 10.5. The van der Waals surface area contributed by atoms with Crippen molar-refractivity contribution in [1.29, 1.82) is 0 Å². The van der Waals surface area contributed by atoms with E-state index in [0.717, 1.165) is 10.9 Å². The van der Waals surface area contributed by atoms with Crippen molar-refractivity contribution in [2.75, 3.05) is 6.07 Å². The van der Waals surface area contributed by atoms with Gasteiger partial charge in [-0.15, -0.1) is 0 Å². The van der Waals surface area contributed by atoms with Crippen LogP contribution in [0.4, 0.5) is 0 Å². The van der Waals surface area contributed by atoms with Gasteiger partial charge in [0, 0.05) is 11.4 Å². The van der Waals surface area contributed by atoms with Crippen LogP contribution in [0.2, 0.25) is 0 Å². The summed E-state index contributed by atoms with van der Waals surface area (Å²) in [5.41, 5.74) is 2.14. The Labute approximate surface area is 102 Å². The van der Waals surface area contributed by atoms with Gasteiger partial charge in [-0.25, -0.2) is 4.79 Å². The molecule has 0 aliphatic heterocycles. The fourth-order valence-electron chi connectivity index (χ4n) is 0.984. The number of hydrogen-bond donors (Lipinski definition) is 0. The summed E-state index contributed by atoms with van der Waals surface area (Å²) in [5, 5.41) is 0.825. The van der Waals surface area contributed by atoms with Gasteiger partial charge in [-0.05, 0) is 17.2 Å². The van der Waals surface area contributed by atoms with Crippen LogP contribution in [0.15, 0.2) is 30.3 Å². The van der Waals surface area contributed by atoms with Crippen molar-refractivity contribution in [3.63, 3.8) is 0 Å². The molecule has 0 aliphatic carbocycles. The average molecular weight is 290 g/mol. The fourth-order valence-corrected chi connectivity index (χ4v) is 1.47. The van der Waals surface area contributed by atoms with E-state index in [-0.39, 0.29) is 6.07 Å². The van der Waals surface area contributed by atoms with E-state index in [0.29, 0.717) is 0 Å². The van der Waals surface area contributed by atoms with E-state index in [4.69, 9.17) is 11.6 Å². The molecule has 0 spiro atoms. The fraction of sp³-hybridized carbons (Fsp3) is 0.182. The molecule has 0 heterocycles. The zero-order valence-electron chi connectivity index (χ0n) is 7.95. The SMILES string of the molecule is O=C(/C=C/c1ccc(CBr)cc1)OCCl. The minimum Gasteiger partial charge on any atom is -0.446 e. The van der Waals surface area contributed by atoms with Gasteiger partial charge in [-0.2, -0.15) is 0 Å². The summed E-state index contributed by atoms with van der Waals surface area (Å²) in [6, 6.07) is 7.72. The van der Waals surface area contributed by atoms with Crippen LogP contribution >= 0.6 is 27.5 Å². The van der Waals surface area contributed by atoms with Gasteiger partial charge < -0.3 is 4.74 Å². The van der Waals surface area contributed by atoms with Crippen molar-refractivity contribution in [3.8, 4) is 0 Å². The summed E-state index contributed by atoms with van der Waals surface area (Å²) in [4.78, 5) is 10.9. The molecule has 0 bridgehead atoms. The highest BCUT2D eigenvalue weighted by Gasteiger charge is 1.94. The number of carbonyl (C=O) groups excluding carboxylic acids is 1. The Morgan fingerprint density at radius 2 is 2.07 bits per heavy atom. The first kappa shape index (κ1) is 12.3. The third-order valence-corrected chi connectivity index (χ3v) is 2.50. The quantitative estimate of drug-likeness (QED) is 0.483. The molecular weight excluding hydrogens is 279 g/mol. The van der Waals surface area contributed by atoms with E-state index in [1.165, 1.54) is 11.6 Å². The second-order valence-corrected chi connectivity index (χ2v) is 3.56. The van der Waals surface area contributed by atoms with Gasteiger partial charge in [0.1, 0.15) is 0 Å². The lowest BCUT2D eigenvalue weighted by Crippen LogP contribution is -1.97. The van der Waals surface area contributed by atoms with Crippen LogP contribution in [-0.2, 0) is 14.9 Å². The molecule has 0 amide bonds. The largest absolute Gasteiger partial charge is 0.446 e. The second-order valence-electron chi connectivity index (χ2n) is 2.78. The van der Waals surface area contributed by atoms with Gasteiger partial charge in [0.2, 0.25) is 0 Å². The molecule has 15 heavy (non-hydrogen) atoms. The Hall–Kier alpha value is -0.800. The molecule has 0 saturated carbocycles. The summed E-state index contributed by atoms with van der Waals surface area (Å²) < 4.78 is 4.54. The molecule has 80 valence electrons. The number of esters is 1.